The minimum atomic E-state index is -0.808. The van der Waals surface area contributed by atoms with Gasteiger partial charge in [0.1, 0.15) is 5.46 Å². The fourth-order valence-corrected chi connectivity index (χ4v) is 2.75. The highest BCUT2D eigenvalue weighted by Gasteiger charge is 2.54. The second kappa shape index (κ2) is 5.57. The molecule has 23 heavy (non-hydrogen) atoms. The minimum absolute atomic E-state index is 0.238. The Hall–Kier alpha value is -1.45. The fraction of sp³-hybridized carbons (Fsp3) is 0.786. The monoisotopic (exact) mass is 323 g/mol. The number of nitro groups is 1. The van der Waals surface area contributed by atoms with Crippen LogP contribution in [-0.2, 0) is 14.0 Å². The topological polar surface area (TPSA) is 88.7 Å². The van der Waals surface area contributed by atoms with Crippen LogP contribution in [0.2, 0.25) is 0 Å². The molecule has 1 aromatic rings. The molecule has 0 N–H and O–H groups in total. The molecule has 2 aliphatic rings. The molecule has 0 bridgehead atoms. The zero-order valence-electron chi connectivity index (χ0n) is 13.9. The molecule has 8 nitrogen and oxygen atoms in total. The van der Waals surface area contributed by atoms with Gasteiger partial charge in [-0.05, 0) is 51.9 Å². The first-order chi connectivity index (χ1) is 10.7. The molecule has 9 heteroatoms. The predicted octanol–water partition coefficient (Wildman–Crippen LogP) is 1.79. The zero-order valence-corrected chi connectivity index (χ0v) is 13.9. The smallest absolute Gasteiger partial charge is 0.399 e. The van der Waals surface area contributed by atoms with Crippen LogP contribution in [0.25, 0.3) is 0 Å². The molecule has 0 amide bonds. The molecule has 0 aromatic carbocycles. The Bertz CT molecular complexity index is 594. The summed E-state index contributed by atoms with van der Waals surface area (Å²) in [4.78, 5) is 10.9. The van der Waals surface area contributed by atoms with E-state index in [2.05, 4.69) is 5.10 Å². The first-order valence-corrected chi connectivity index (χ1v) is 7.92. The van der Waals surface area contributed by atoms with E-state index in [1.807, 2.05) is 27.7 Å². The molecule has 2 aliphatic heterocycles. The second-order valence-corrected chi connectivity index (χ2v) is 7.05. The molecular formula is C14H22BN3O5. The van der Waals surface area contributed by atoms with Crippen LogP contribution in [0.1, 0.15) is 53.2 Å². The lowest BCUT2D eigenvalue weighted by Gasteiger charge is -2.32. The Balaban J connectivity index is 1.92. The van der Waals surface area contributed by atoms with Gasteiger partial charge in [-0.25, -0.2) is 0 Å². The van der Waals surface area contributed by atoms with E-state index in [9.17, 15) is 10.1 Å². The van der Waals surface area contributed by atoms with Gasteiger partial charge in [0.05, 0.1) is 22.5 Å². The molecule has 0 radical (unpaired) electrons. The van der Waals surface area contributed by atoms with Crippen LogP contribution in [0, 0.1) is 10.1 Å². The number of ether oxygens (including phenoxy) is 1. The van der Waals surface area contributed by atoms with E-state index in [0.29, 0.717) is 12.1 Å². The van der Waals surface area contributed by atoms with Gasteiger partial charge in [0.2, 0.25) is 0 Å². The summed E-state index contributed by atoms with van der Waals surface area (Å²) in [6.07, 6.45) is 4.17. The normalized spacial score (nSPS) is 26.4. The first kappa shape index (κ1) is 16.4. The Morgan fingerprint density at radius 1 is 1.30 bits per heavy atom. The van der Waals surface area contributed by atoms with Crippen LogP contribution in [0.15, 0.2) is 6.20 Å². The lowest BCUT2D eigenvalue weighted by Crippen LogP contribution is -2.41. The summed E-state index contributed by atoms with van der Waals surface area (Å²) in [5.41, 5.74) is -0.785. The molecular weight excluding hydrogens is 301 g/mol. The van der Waals surface area contributed by atoms with Gasteiger partial charge in [-0.15, -0.1) is 0 Å². The van der Waals surface area contributed by atoms with Crippen LogP contribution < -0.4 is 5.46 Å². The van der Waals surface area contributed by atoms with Gasteiger partial charge in [0, 0.05) is 6.61 Å². The van der Waals surface area contributed by atoms with E-state index in [-0.39, 0.29) is 12.0 Å². The maximum Gasteiger partial charge on any atom is 0.505 e. The number of nitrogens with zero attached hydrogens (tertiary/aromatic N) is 3. The molecule has 2 fully saturated rings. The lowest BCUT2D eigenvalue weighted by molar-refractivity contribution is -0.389. The zero-order chi connectivity index (χ0) is 16.8. The number of rotatable bonds is 3. The highest BCUT2D eigenvalue weighted by atomic mass is 16.7. The van der Waals surface area contributed by atoms with Crippen LogP contribution in [0.4, 0.5) is 5.82 Å². The van der Waals surface area contributed by atoms with Gasteiger partial charge in [-0.1, -0.05) is 0 Å². The van der Waals surface area contributed by atoms with Crippen molar-refractivity contribution in [2.24, 2.45) is 0 Å². The summed E-state index contributed by atoms with van der Waals surface area (Å²) < 4.78 is 19.0. The number of aromatic nitrogens is 2. The van der Waals surface area contributed by atoms with E-state index in [4.69, 9.17) is 14.0 Å². The number of hydrogen-bond acceptors (Lipinski definition) is 6. The quantitative estimate of drug-likeness (QED) is 0.479. The van der Waals surface area contributed by atoms with Gasteiger partial charge in [-0.3, -0.25) is 0 Å². The lowest BCUT2D eigenvalue weighted by atomic mass is 9.81. The second-order valence-electron chi connectivity index (χ2n) is 7.05. The molecule has 0 spiro atoms. The molecule has 3 heterocycles. The third-order valence-corrected chi connectivity index (χ3v) is 4.87. The van der Waals surface area contributed by atoms with Crippen molar-refractivity contribution in [2.45, 2.75) is 64.4 Å². The SMILES string of the molecule is CC1(C)OB(c2cn(C3CCCCO3)nc2[N+](=O)[O-])OC1(C)C. The van der Waals surface area contributed by atoms with Crippen molar-refractivity contribution >= 4 is 18.4 Å². The summed E-state index contributed by atoms with van der Waals surface area (Å²) in [7, 11) is -0.808. The Labute approximate surface area is 135 Å². The van der Waals surface area contributed by atoms with Crippen molar-refractivity contribution in [3.8, 4) is 0 Å². The molecule has 0 aliphatic carbocycles. The largest absolute Gasteiger partial charge is 0.505 e. The van der Waals surface area contributed by atoms with Gasteiger partial charge < -0.3 is 24.2 Å². The Kier molecular flexibility index (Phi) is 3.98. The summed E-state index contributed by atoms with van der Waals surface area (Å²) in [5, 5.41) is 15.5. The van der Waals surface area contributed by atoms with Gasteiger partial charge in [-0.2, -0.15) is 4.68 Å². The van der Waals surface area contributed by atoms with Crippen molar-refractivity contribution in [1.82, 2.24) is 9.78 Å². The molecule has 1 unspecified atom stereocenters. The molecule has 1 atom stereocenters. The van der Waals surface area contributed by atoms with Gasteiger partial charge in [0.25, 0.3) is 0 Å². The van der Waals surface area contributed by atoms with E-state index in [1.165, 1.54) is 4.68 Å². The average Bonchev–Trinajstić information content (AvgIpc) is 3.00. The van der Waals surface area contributed by atoms with E-state index >= 15 is 0 Å². The minimum Gasteiger partial charge on any atom is -0.399 e. The first-order valence-electron chi connectivity index (χ1n) is 7.92. The fourth-order valence-electron chi connectivity index (χ4n) is 2.75. The van der Waals surface area contributed by atoms with Crippen LogP contribution in [0.5, 0.6) is 0 Å². The van der Waals surface area contributed by atoms with Crippen LogP contribution >= 0.6 is 0 Å². The van der Waals surface area contributed by atoms with E-state index in [1.54, 1.807) is 6.20 Å². The third kappa shape index (κ3) is 2.88. The van der Waals surface area contributed by atoms with Crippen molar-refractivity contribution in [3.05, 3.63) is 16.3 Å². The summed E-state index contributed by atoms with van der Waals surface area (Å²) in [5.74, 6) is -0.238. The average molecular weight is 323 g/mol. The predicted molar refractivity (Wildman–Crippen MR) is 83.4 cm³/mol. The van der Waals surface area contributed by atoms with Crippen molar-refractivity contribution < 1.29 is 19.0 Å². The molecule has 126 valence electrons. The standard InChI is InChI=1S/C14H22BN3O5/c1-13(2)14(3,4)23-15(22-13)10-9-17(16-12(10)18(19)20)11-7-5-6-8-21-11/h9,11H,5-8H2,1-4H3. The molecule has 3 rings (SSSR count). The van der Waals surface area contributed by atoms with Crippen LogP contribution in [0.3, 0.4) is 0 Å². The highest BCUT2D eigenvalue weighted by molar-refractivity contribution is 6.63. The van der Waals surface area contributed by atoms with Crippen molar-refractivity contribution in [3.63, 3.8) is 0 Å². The van der Waals surface area contributed by atoms with Gasteiger partial charge in [0.15, 0.2) is 6.23 Å². The van der Waals surface area contributed by atoms with Crippen molar-refractivity contribution in [1.29, 1.82) is 0 Å². The molecule has 1 aromatic heterocycles. The van der Waals surface area contributed by atoms with E-state index in [0.717, 1.165) is 19.3 Å². The maximum atomic E-state index is 11.4. The van der Waals surface area contributed by atoms with Crippen LogP contribution in [-0.4, -0.2) is 39.6 Å². The Morgan fingerprint density at radius 2 is 1.96 bits per heavy atom. The summed E-state index contributed by atoms with van der Waals surface area (Å²) >= 11 is 0. The molecule has 0 saturated carbocycles. The highest BCUT2D eigenvalue weighted by Crippen LogP contribution is 2.37. The summed E-state index contributed by atoms with van der Waals surface area (Å²) in [6, 6.07) is 0. The molecule has 2 saturated heterocycles. The summed E-state index contributed by atoms with van der Waals surface area (Å²) in [6.45, 7) is 8.28. The number of hydrogen-bond donors (Lipinski definition) is 0. The maximum absolute atomic E-state index is 11.4. The van der Waals surface area contributed by atoms with Gasteiger partial charge >= 0.3 is 12.9 Å². The third-order valence-electron chi connectivity index (χ3n) is 4.87. The van der Waals surface area contributed by atoms with Crippen molar-refractivity contribution in [2.75, 3.05) is 6.61 Å². The Morgan fingerprint density at radius 3 is 2.48 bits per heavy atom. The van der Waals surface area contributed by atoms with E-state index < -0.39 is 23.2 Å².